The van der Waals surface area contributed by atoms with Gasteiger partial charge in [-0.3, -0.25) is 4.98 Å². The van der Waals surface area contributed by atoms with Gasteiger partial charge in [0.15, 0.2) is 5.69 Å². The van der Waals surface area contributed by atoms with E-state index < -0.39 is 5.97 Å². The Kier molecular flexibility index (Phi) is 4.14. The summed E-state index contributed by atoms with van der Waals surface area (Å²) in [5, 5.41) is 0.179. The zero-order valence-electron chi connectivity index (χ0n) is 10.3. The van der Waals surface area contributed by atoms with Crippen LogP contribution in [0.1, 0.15) is 37.2 Å². The van der Waals surface area contributed by atoms with Crippen molar-refractivity contribution >= 4 is 17.6 Å². The van der Waals surface area contributed by atoms with Crippen LogP contribution in [0.3, 0.4) is 0 Å². The Morgan fingerprint density at radius 1 is 1.39 bits per heavy atom. The number of esters is 1. The maximum absolute atomic E-state index is 11.9. The highest BCUT2D eigenvalue weighted by Crippen LogP contribution is 2.22. The molecule has 0 amide bonds. The molecule has 0 N–H and O–H groups in total. The number of aromatic nitrogens is 2. The van der Waals surface area contributed by atoms with Crippen molar-refractivity contribution in [2.75, 3.05) is 0 Å². The lowest BCUT2D eigenvalue weighted by Crippen LogP contribution is -2.35. The van der Waals surface area contributed by atoms with Gasteiger partial charge in [0.05, 0.1) is 24.6 Å². The van der Waals surface area contributed by atoms with E-state index in [1.54, 1.807) is 0 Å². The summed E-state index contributed by atoms with van der Waals surface area (Å²) in [7, 11) is 0. The van der Waals surface area contributed by atoms with E-state index in [0.717, 1.165) is 0 Å². The Hall–Kier alpha value is -1.20. The van der Waals surface area contributed by atoms with Crippen LogP contribution in [0, 0.1) is 0 Å². The second-order valence-corrected chi connectivity index (χ2v) is 4.87. The Morgan fingerprint density at radius 2 is 2.06 bits per heavy atom. The first-order valence-corrected chi connectivity index (χ1v) is 6.26. The molecule has 2 rings (SSSR count). The molecule has 1 aliphatic rings. The van der Waals surface area contributed by atoms with Crippen molar-refractivity contribution in [2.45, 2.75) is 45.0 Å². The molecule has 0 spiro atoms. The van der Waals surface area contributed by atoms with Crippen LogP contribution in [0.5, 0.6) is 0 Å². The molecular weight excluding hydrogens is 256 g/mol. The van der Waals surface area contributed by atoms with E-state index in [1.807, 2.05) is 13.8 Å². The zero-order chi connectivity index (χ0) is 13.1. The molecule has 0 radical (unpaired) electrons. The molecular formula is C12H15ClN2O3. The Morgan fingerprint density at radius 3 is 2.67 bits per heavy atom. The van der Waals surface area contributed by atoms with Gasteiger partial charge in [-0.2, -0.15) is 0 Å². The van der Waals surface area contributed by atoms with Crippen LogP contribution in [0.4, 0.5) is 0 Å². The first-order valence-electron chi connectivity index (χ1n) is 5.88. The molecule has 18 heavy (non-hydrogen) atoms. The minimum absolute atomic E-state index is 0.0944. The molecule has 2 atom stereocenters. The fourth-order valence-electron chi connectivity index (χ4n) is 2.09. The number of rotatable bonds is 2. The number of nitrogens with zero attached hydrogens (tertiary/aromatic N) is 2. The Labute approximate surface area is 110 Å². The van der Waals surface area contributed by atoms with Crippen LogP contribution < -0.4 is 0 Å². The first-order chi connectivity index (χ1) is 8.54. The van der Waals surface area contributed by atoms with Crippen molar-refractivity contribution in [3.63, 3.8) is 0 Å². The van der Waals surface area contributed by atoms with Crippen LogP contribution in [-0.4, -0.2) is 34.2 Å². The van der Waals surface area contributed by atoms with Gasteiger partial charge >= 0.3 is 5.97 Å². The van der Waals surface area contributed by atoms with E-state index in [2.05, 4.69) is 9.97 Å². The largest absolute Gasteiger partial charge is 0.457 e. The normalized spacial score (nSPS) is 27.8. The van der Waals surface area contributed by atoms with Crippen molar-refractivity contribution in [3.05, 3.63) is 23.2 Å². The fraction of sp³-hybridized carbons (Fsp3) is 0.583. The highest BCUT2D eigenvalue weighted by atomic mass is 35.5. The first kappa shape index (κ1) is 13.2. The molecule has 0 aromatic carbocycles. The topological polar surface area (TPSA) is 61.3 Å². The van der Waals surface area contributed by atoms with Crippen LogP contribution >= 0.6 is 11.6 Å². The summed E-state index contributed by atoms with van der Waals surface area (Å²) in [4.78, 5) is 19.5. The summed E-state index contributed by atoms with van der Waals surface area (Å²) in [5.41, 5.74) is 0.134. The van der Waals surface area contributed by atoms with Gasteiger partial charge in [-0.1, -0.05) is 11.6 Å². The van der Waals surface area contributed by atoms with Crippen molar-refractivity contribution < 1.29 is 14.3 Å². The highest BCUT2D eigenvalue weighted by Gasteiger charge is 2.27. The summed E-state index contributed by atoms with van der Waals surface area (Å²) in [6.07, 6.45) is 4.16. The molecule has 98 valence electrons. The molecule has 1 aliphatic heterocycles. The van der Waals surface area contributed by atoms with Crippen molar-refractivity contribution in [1.82, 2.24) is 9.97 Å². The zero-order valence-corrected chi connectivity index (χ0v) is 11.1. The number of ether oxygens (including phenoxy) is 2. The lowest BCUT2D eigenvalue weighted by atomic mass is 10.0. The third kappa shape index (κ3) is 3.40. The van der Waals surface area contributed by atoms with Gasteiger partial charge in [-0.25, -0.2) is 9.78 Å². The Bertz CT molecular complexity index is 431. The average Bonchev–Trinajstić information content (AvgIpc) is 2.27. The van der Waals surface area contributed by atoms with Gasteiger partial charge in [-0.05, 0) is 13.8 Å². The lowest BCUT2D eigenvalue weighted by molar-refractivity contribution is -0.0857. The fourth-order valence-corrected chi connectivity index (χ4v) is 2.24. The number of hydrogen-bond acceptors (Lipinski definition) is 5. The van der Waals surface area contributed by atoms with Gasteiger partial charge in [0, 0.05) is 12.8 Å². The van der Waals surface area contributed by atoms with E-state index in [-0.39, 0.29) is 29.2 Å². The molecule has 1 aromatic heterocycles. The minimum atomic E-state index is -0.490. The minimum Gasteiger partial charge on any atom is -0.457 e. The smallest absolute Gasteiger partial charge is 0.358 e. The summed E-state index contributed by atoms with van der Waals surface area (Å²) < 4.78 is 11.0. The molecule has 0 aliphatic carbocycles. The van der Waals surface area contributed by atoms with E-state index >= 15 is 0 Å². The van der Waals surface area contributed by atoms with Gasteiger partial charge in [0.25, 0.3) is 0 Å². The van der Waals surface area contributed by atoms with Crippen LogP contribution in [0.2, 0.25) is 5.15 Å². The number of carbonyl (C=O) groups excluding carboxylic acids is 1. The van der Waals surface area contributed by atoms with Crippen molar-refractivity contribution in [2.24, 2.45) is 0 Å². The molecule has 1 aromatic rings. The number of hydrogen-bond donors (Lipinski definition) is 0. The van der Waals surface area contributed by atoms with Crippen LogP contribution in [0.15, 0.2) is 12.4 Å². The third-order valence-corrected chi connectivity index (χ3v) is 2.92. The van der Waals surface area contributed by atoms with Crippen LogP contribution in [0.25, 0.3) is 0 Å². The molecule has 0 saturated carbocycles. The van der Waals surface area contributed by atoms with E-state index in [0.29, 0.717) is 12.8 Å². The maximum atomic E-state index is 11.9. The van der Waals surface area contributed by atoms with Crippen molar-refractivity contribution in [1.29, 1.82) is 0 Å². The average molecular weight is 271 g/mol. The van der Waals surface area contributed by atoms with E-state index in [1.165, 1.54) is 12.4 Å². The SMILES string of the molecule is CC1CC(OC(=O)c2cncc(Cl)n2)CC(C)O1. The standard InChI is InChI=1S/C12H15ClN2O3/c1-7-3-9(4-8(2)17-7)18-12(16)10-5-14-6-11(13)15-10/h5-9H,3-4H2,1-2H3. The molecule has 6 heteroatoms. The van der Waals surface area contributed by atoms with Gasteiger partial charge in [0.1, 0.15) is 11.3 Å². The number of carbonyl (C=O) groups is 1. The van der Waals surface area contributed by atoms with E-state index in [9.17, 15) is 4.79 Å². The molecule has 2 unspecified atom stereocenters. The molecule has 5 nitrogen and oxygen atoms in total. The lowest BCUT2D eigenvalue weighted by Gasteiger charge is -2.31. The summed E-state index contributed by atoms with van der Waals surface area (Å²) in [5.74, 6) is -0.490. The van der Waals surface area contributed by atoms with Crippen molar-refractivity contribution in [3.8, 4) is 0 Å². The molecule has 1 saturated heterocycles. The maximum Gasteiger partial charge on any atom is 0.358 e. The summed E-state index contributed by atoms with van der Waals surface area (Å²) >= 11 is 5.68. The molecule has 1 fully saturated rings. The third-order valence-electron chi connectivity index (χ3n) is 2.74. The van der Waals surface area contributed by atoms with Gasteiger partial charge in [0.2, 0.25) is 0 Å². The molecule has 2 heterocycles. The molecule has 0 bridgehead atoms. The van der Waals surface area contributed by atoms with Crippen LogP contribution in [-0.2, 0) is 9.47 Å². The summed E-state index contributed by atoms with van der Waals surface area (Å²) in [6.45, 7) is 3.94. The quantitative estimate of drug-likeness (QED) is 0.772. The second kappa shape index (κ2) is 5.63. The predicted molar refractivity (Wildman–Crippen MR) is 65.5 cm³/mol. The highest BCUT2D eigenvalue weighted by molar-refractivity contribution is 6.29. The second-order valence-electron chi connectivity index (χ2n) is 4.48. The van der Waals surface area contributed by atoms with Gasteiger partial charge < -0.3 is 9.47 Å². The monoisotopic (exact) mass is 270 g/mol. The predicted octanol–water partition coefficient (Wildman–Crippen LogP) is 2.24. The summed E-state index contributed by atoms with van der Waals surface area (Å²) in [6, 6.07) is 0. The number of halogens is 1. The van der Waals surface area contributed by atoms with Gasteiger partial charge in [-0.15, -0.1) is 0 Å². The van der Waals surface area contributed by atoms with E-state index in [4.69, 9.17) is 21.1 Å². The Balaban J connectivity index is 1.99.